The van der Waals surface area contributed by atoms with Crippen molar-refractivity contribution in [2.24, 2.45) is 0 Å². The lowest BCUT2D eigenvalue weighted by molar-refractivity contribution is -0.127. The van der Waals surface area contributed by atoms with Gasteiger partial charge < -0.3 is 20.4 Å². The number of anilines is 2. The smallest absolute Gasteiger partial charge is 0.282 e. The van der Waals surface area contributed by atoms with Crippen molar-refractivity contribution in [3.63, 3.8) is 0 Å². The van der Waals surface area contributed by atoms with Crippen LogP contribution in [-0.2, 0) is 10.2 Å². The number of halogens is 2. The van der Waals surface area contributed by atoms with E-state index in [4.69, 9.17) is 4.98 Å². The number of benzene rings is 2. The third-order valence-corrected chi connectivity index (χ3v) is 9.92. The maximum absolute atomic E-state index is 15.4. The molecule has 0 spiro atoms. The maximum atomic E-state index is 15.4. The number of hydrogen-bond acceptors (Lipinski definition) is 7. The van der Waals surface area contributed by atoms with Gasteiger partial charge in [-0.05, 0) is 97.7 Å². The number of allylic oxidation sites excluding steroid dienone is 2. The Hall–Kier alpha value is -4.10. The molecule has 2 aromatic carbocycles. The molecule has 11 heteroatoms. The first-order valence-corrected chi connectivity index (χ1v) is 17.0. The highest BCUT2D eigenvalue weighted by Gasteiger charge is 2.36. The van der Waals surface area contributed by atoms with Crippen LogP contribution in [-0.4, -0.2) is 63.8 Å². The van der Waals surface area contributed by atoms with Crippen LogP contribution in [0.2, 0.25) is 0 Å². The quantitative estimate of drug-likeness (QED) is 0.113. The van der Waals surface area contributed by atoms with Crippen LogP contribution in [0.3, 0.4) is 0 Å². The van der Waals surface area contributed by atoms with Gasteiger partial charge in [-0.25, -0.2) is 9.37 Å². The summed E-state index contributed by atoms with van der Waals surface area (Å²) in [5.41, 5.74) is 3.83. The number of pyridine rings is 1. The molecule has 2 aliphatic heterocycles. The molecule has 4 aromatic rings. The summed E-state index contributed by atoms with van der Waals surface area (Å²) in [5, 5.41) is 11.7. The van der Waals surface area contributed by atoms with E-state index in [9.17, 15) is 9.59 Å². The van der Waals surface area contributed by atoms with E-state index in [1.165, 1.54) is 29.8 Å². The second-order valence-corrected chi connectivity index (χ2v) is 14.6. The van der Waals surface area contributed by atoms with Crippen LogP contribution < -0.4 is 21.1 Å². The molecule has 1 amide bonds. The molecule has 2 aromatic heterocycles. The fourth-order valence-electron chi connectivity index (χ4n) is 6.82. The first-order valence-electron chi connectivity index (χ1n) is 17.0. The van der Waals surface area contributed by atoms with Gasteiger partial charge in [0.15, 0.2) is 0 Å². The van der Waals surface area contributed by atoms with Gasteiger partial charge >= 0.3 is 0 Å². The van der Waals surface area contributed by atoms with Crippen molar-refractivity contribution in [2.45, 2.75) is 77.9 Å². The number of piperazine rings is 1. The highest BCUT2D eigenvalue weighted by molar-refractivity contribution is 14.0. The standard InChI is InChI=1S/C39H46FN7O2.HI/c1-23(2)45(8)37(48)33(44-35-15-14-30(22-42-35)46-28-12-13-29(46)21-41-20-28)16-24(3)31-10-9-11-34(25(31)4)47-38(49)36-26(19-43-47)17-27(18-32(36)40)39(5,6)7;/h9-11,14-19,22-23,28-29,41H,3,12-13,20-21H2,1-2,4-8H3,(H,42,44);1H/b33-16+;. The molecule has 4 heterocycles. The first kappa shape index (κ1) is 37.2. The predicted octanol–water partition coefficient (Wildman–Crippen LogP) is 6.96. The second kappa shape index (κ2) is 14.6. The van der Waals surface area contributed by atoms with Gasteiger partial charge in [0.05, 0.1) is 29.2 Å². The molecule has 2 fully saturated rings. The van der Waals surface area contributed by atoms with Crippen LogP contribution in [0.4, 0.5) is 15.9 Å². The van der Waals surface area contributed by atoms with Gasteiger partial charge in [-0.15, -0.1) is 24.0 Å². The second-order valence-electron chi connectivity index (χ2n) is 14.6. The number of amides is 1. The Bertz CT molecular complexity index is 2000. The molecule has 2 bridgehead atoms. The number of aromatic nitrogens is 3. The van der Waals surface area contributed by atoms with Gasteiger partial charge in [0.2, 0.25) is 0 Å². The van der Waals surface area contributed by atoms with Crippen LogP contribution in [0.25, 0.3) is 22.0 Å². The number of carbonyl (C=O) groups is 1. The molecule has 6 rings (SSSR count). The summed E-state index contributed by atoms with van der Waals surface area (Å²) in [7, 11) is 1.76. The van der Waals surface area contributed by atoms with Crippen molar-refractivity contribution in [1.82, 2.24) is 25.0 Å². The average Bonchev–Trinajstić information content (AvgIpc) is 3.31. The van der Waals surface area contributed by atoms with Crippen LogP contribution in [0.1, 0.15) is 64.2 Å². The number of rotatable bonds is 8. The minimum Gasteiger partial charge on any atom is -0.362 e. The number of likely N-dealkylation sites (N-methyl/N-ethyl adjacent to an activating group) is 1. The van der Waals surface area contributed by atoms with Crippen LogP contribution >= 0.6 is 24.0 Å². The van der Waals surface area contributed by atoms with E-state index < -0.39 is 11.4 Å². The van der Waals surface area contributed by atoms with E-state index in [1.807, 2.05) is 65.9 Å². The zero-order valence-corrected chi connectivity index (χ0v) is 32.2. The number of carbonyl (C=O) groups excluding carboxylic acids is 1. The number of hydrogen-bond donors (Lipinski definition) is 2. The van der Waals surface area contributed by atoms with E-state index in [1.54, 1.807) is 30.2 Å². The van der Waals surface area contributed by atoms with Crippen molar-refractivity contribution in [2.75, 3.05) is 30.4 Å². The highest BCUT2D eigenvalue weighted by Crippen LogP contribution is 2.33. The van der Waals surface area contributed by atoms with Crippen LogP contribution in [0.5, 0.6) is 0 Å². The Labute approximate surface area is 310 Å². The average molecular weight is 792 g/mol. The maximum Gasteiger partial charge on any atom is 0.282 e. The molecule has 2 N–H and O–H groups in total. The molecular formula is C39H47FIN7O2. The molecule has 0 saturated carbocycles. The number of fused-ring (bicyclic) bond motifs is 3. The molecule has 264 valence electrons. The summed E-state index contributed by atoms with van der Waals surface area (Å²) in [4.78, 5) is 36.2. The SMILES string of the molecule is C=C(/C=C(/Nc1ccc(N2C3CCC2CNC3)cn1)C(=O)N(C)C(C)C)c1cccc(-n2ncc3cc(C(C)(C)C)cc(F)c3c2=O)c1C.I. The minimum atomic E-state index is -0.574. The van der Waals surface area contributed by atoms with E-state index in [0.717, 1.165) is 24.3 Å². The molecule has 0 aliphatic carbocycles. The zero-order valence-electron chi connectivity index (χ0n) is 29.9. The van der Waals surface area contributed by atoms with Crippen molar-refractivity contribution in [1.29, 1.82) is 0 Å². The largest absolute Gasteiger partial charge is 0.362 e. The summed E-state index contributed by atoms with van der Waals surface area (Å²) < 4.78 is 16.6. The topological polar surface area (TPSA) is 95.4 Å². The third kappa shape index (κ3) is 7.20. The molecule has 0 radical (unpaired) electrons. The fourth-order valence-corrected chi connectivity index (χ4v) is 6.82. The Balaban J connectivity index is 0.00000486. The normalized spacial score (nSPS) is 17.5. The fraction of sp³-hybridized carbons (Fsp3) is 0.385. The lowest BCUT2D eigenvalue weighted by atomic mass is 9.86. The molecule has 2 atom stereocenters. The molecule has 9 nitrogen and oxygen atoms in total. The molecule has 2 saturated heterocycles. The van der Waals surface area contributed by atoms with Crippen molar-refractivity contribution < 1.29 is 9.18 Å². The van der Waals surface area contributed by atoms with Crippen LogP contribution in [0.15, 0.2) is 78.0 Å². The van der Waals surface area contributed by atoms with E-state index in [0.29, 0.717) is 51.4 Å². The van der Waals surface area contributed by atoms with E-state index >= 15 is 4.39 Å². The summed E-state index contributed by atoms with van der Waals surface area (Å²) in [5.74, 6) is -0.242. The van der Waals surface area contributed by atoms with E-state index in [-0.39, 0.29) is 46.7 Å². The lowest BCUT2D eigenvalue weighted by Crippen LogP contribution is -2.52. The summed E-state index contributed by atoms with van der Waals surface area (Å²) in [6, 6.07) is 13.6. The molecular weight excluding hydrogens is 744 g/mol. The van der Waals surface area contributed by atoms with Crippen LogP contribution in [0, 0.1) is 12.7 Å². The molecule has 2 unspecified atom stereocenters. The predicted molar refractivity (Wildman–Crippen MR) is 211 cm³/mol. The van der Waals surface area contributed by atoms with Gasteiger partial charge in [-0.2, -0.15) is 9.78 Å². The summed E-state index contributed by atoms with van der Waals surface area (Å²) in [6.07, 6.45) is 7.46. The summed E-state index contributed by atoms with van der Waals surface area (Å²) >= 11 is 0. The first-order chi connectivity index (χ1) is 23.2. The van der Waals surface area contributed by atoms with Crippen molar-refractivity contribution >= 4 is 57.7 Å². The monoisotopic (exact) mass is 791 g/mol. The van der Waals surface area contributed by atoms with Gasteiger partial charge in [0, 0.05) is 43.6 Å². The molecule has 2 aliphatic rings. The lowest BCUT2D eigenvalue weighted by Gasteiger charge is -2.37. The Morgan fingerprint density at radius 1 is 1.12 bits per heavy atom. The minimum absolute atomic E-state index is 0. The highest BCUT2D eigenvalue weighted by atomic mass is 127. The molecule has 50 heavy (non-hydrogen) atoms. The van der Waals surface area contributed by atoms with Gasteiger partial charge in [-0.3, -0.25) is 9.59 Å². The number of nitrogens with one attached hydrogen (secondary N) is 2. The third-order valence-electron chi connectivity index (χ3n) is 9.92. The van der Waals surface area contributed by atoms with Gasteiger partial charge in [0.25, 0.3) is 11.5 Å². The summed E-state index contributed by atoms with van der Waals surface area (Å²) in [6.45, 7) is 18.0. The Kier molecular flexibility index (Phi) is 10.9. The Morgan fingerprint density at radius 2 is 1.82 bits per heavy atom. The van der Waals surface area contributed by atoms with Gasteiger partial charge in [0.1, 0.15) is 17.3 Å². The van der Waals surface area contributed by atoms with E-state index in [2.05, 4.69) is 33.3 Å². The van der Waals surface area contributed by atoms with Gasteiger partial charge in [-0.1, -0.05) is 39.5 Å². The van der Waals surface area contributed by atoms with Crippen molar-refractivity contribution in [3.8, 4) is 5.69 Å². The Morgan fingerprint density at radius 3 is 2.44 bits per heavy atom. The number of nitrogens with zero attached hydrogens (tertiary/aromatic N) is 5. The zero-order chi connectivity index (χ0) is 35.2. The van der Waals surface area contributed by atoms with Crippen molar-refractivity contribution in [3.05, 3.63) is 106 Å².